The molecule has 0 N–H and O–H groups in total. The van der Waals surface area contributed by atoms with E-state index in [0.717, 1.165) is 12.5 Å². The van der Waals surface area contributed by atoms with Crippen molar-refractivity contribution >= 4 is 38.3 Å². The molecule has 3 aliphatic rings. The van der Waals surface area contributed by atoms with Crippen LogP contribution < -0.4 is 3.86 Å². The predicted octanol–water partition coefficient (Wildman–Crippen LogP) is 7.59. The van der Waals surface area contributed by atoms with E-state index in [0.29, 0.717) is 5.92 Å². The molecule has 0 aromatic heterocycles. The maximum atomic E-state index is 6.36. The SMILES string of the molecule is CC[O][GeH][N](C1=C(P2N(C(C)(C)C)[Si](C)(C)N2C(C)(C)C)C2CCC1C2)c1c(C)cc(C)cc1C. The van der Waals surface area contributed by atoms with E-state index in [1.807, 2.05) is 5.31 Å². The van der Waals surface area contributed by atoms with E-state index in [1.54, 1.807) is 5.70 Å². The molecule has 35 heavy (non-hydrogen) atoms. The van der Waals surface area contributed by atoms with Crippen molar-refractivity contribution in [2.45, 2.75) is 113 Å². The number of allylic oxidation sites excluding steroid dienone is 2. The van der Waals surface area contributed by atoms with Crippen LogP contribution >= 0.6 is 8.22 Å². The van der Waals surface area contributed by atoms with E-state index >= 15 is 0 Å². The third kappa shape index (κ3) is 4.76. The molecule has 1 aromatic rings. The van der Waals surface area contributed by atoms with Crippen LogP contribution in [0, 0.1) is 32.6 Å². The van der Waals surface area contributed by atoms with Gasteiger partial charge in [0.15, 0.2) is 0 Å². The normalized spacial score (nSPS) is 25.5. The second kappa shape index (κ2) is 9.54. The maximum absolute atomic E-state index is 6.36. The molecule has 1 aromatic carbocycles. The zero-order chi connectivity index (χ0) is 26.1. The summed E-state index contributed by atoms with van der Waals surface area (Å²) < 4.78 is 15.1. The summed E-state index contributed by atoms with van der Waals surface area (Å²) in [6.07, 6.45) is 4.08. The second-order valence-electron chi connectivity index (χ2n) is 13.4. The molecule has 7 heteroatoms. The van der Waals surface area contributed by atoms with Crippen molar-refractivity contribution in [3.63, 3.8) is 0 Å². The third-order valence-electron chi connectivity index (χ3n) is 7.85. The van der Waals surface area contributed by atoms with Crippen LogP contribution in [0.4, 0.5) is 5.69 Å². The molecule has 0 spiro atoms. The van der Waals surface area contributed by atoms with Gasteiger partial charge in [0.1, 0.15) is 0 Å². The van der Waals surface area contributed by atoms with Crippen LogP contribution in [0.2, 0.25) is 13.1 Å². The van der Waals surface area contributed by atoms with E-state index in [4.69, 9.17) is 3.76 Å². The number of hydrogen-bond acceptors (Lipinski definition) is 4. The molecule has 2 unspecified atom stereocenters. The van der Waals surface area contributed by atoms with Gasteiger partial charge in [-0.1, -0.05) is 0 Å². The molecule has 1 heterocycles. The second-order valence-corrected chi connectivity index (χ2v) is 22.1. The van der Waals surface area contributed by atoms with Crippen molar-refractivity contribution in [2.24, 2.45) is 11.8 Å². The summed E-state index contributed by atoms with van der Waals surface area (Å²) in [5.74, 6) is 1.44. The quantitative estimate of drug-likeness (QED) is 0.257. The number of anilines is 1. The molecule has 195 valence electrons. The fourth-order valence-electron chi connectivity index (χ4n) is 7.44. The average molecular weight is 575 g/mol. The van der Waals surface area contributed by atoms with E-state index < -0.39 is 32.6 Å². The van der Waals surface area contributed by atoms with Gasteiger partial charge in [0.05, 0.1) is 0 Å². The van der Waals surface area contributed by atoms with Crippen molar-refractivity contribution < 1.29 is 3.76 Å². The molecule has 4 nitrogen and oxygen atoms in total. The van der Waals surface area contributed by atoms with Crippen LogP contribution in [0.3, 0.4) is 0 Å². The first-order valence-corrected chi connectivity index (χ1v) is 19.8. The Labute approximate surface area is 224 Å². The molecule has 2 atom stereocenters. The van der Waals surface area contributed by atoms with Crippen LogP contribution in [0.25, 0.3) is 0 Å². The zero-order valence-electron chi connectivity index (χ0n) is 24.4. The molecule has 1 saturated heterocycles. The summed E-state index contributed by atoms with van der Waals surface area (Å²) >= 11 is -1.09. The van der Waals surface area contributed by atoms with Gasteiger partial charge in [-0.05, 0) is 0 Å². The Hall–Kier alpha value is -0.170. The number of rotatable bonds is 6. The van der Waals surface area contributed by atoms with E-state index in [9.17, 15) is 0 Å². The van der Waals surface area contributed by atoms with Gasteiger partial charge >= 0.3 is 226 Å². The summed E-state index contributed by atoms with van der Waals surface area (Å²) in [5, 5.41) is 1.81. The number of benzene rings is 1. The van der Waals surface area contributed by atoms with Gasteiger partial charge in [0.25, 0.3) is 0 Å². The standard InChI is InChI=1S/C28H49GeN3OPSi/c1-13-33-29-30(24-20(3)16-19(2)17-21(24)4)25-22-14-15-23(18-22)26(25)34-31(27(5,6)7)35(11,12)32(34)28(8,9)10/h16-17,22-23,29H,13-15,18H2,1-12H3. The number of hydrogen-bond donors (Lipinski definition) is 0. The molecule has 1 radical (unpaired) electrons. The third-order valence-corrected chi connectivity index (χ3v) is 20.9. The van der Waals surface area contributed by atoms with E-state index in [1.165, 1.54) is 41.6 Å². The van der Waals surface area contributed by atoms with Crippen molar-refractivity contribution in [2.75, 3.05) is 10.5 Å². The van der Waals surface area contributed by atoms with Crippen LogP contribution in [0.5, 0.6) is 0 Å². The summed E-state index contributed by atoms with van der Waals surface area (Å²) in [5.41, 5.74) is 7.67. The molecule has 2 fully saturated rings. The van der Waals surface area contributed by atoms with Crippen molar-refractivity contribution in [1.29, 1.82) is 0 Å². The van der Waals surface area contributed by atoms with Crippen LogP contribution in [0.15, 0.2) is 23.1 Å². The first kappa shape index (κ1) is 27.9. The Balaban J connectivity index is 1.94. The Morgan fingerprint density at radius 3 is 1.97 bits per heavy atom. The number of nitrogens with zero attached hydrogens (tertiary/aromatic N) is 3. The predicted molar refractivity (Wildman–Crippen MR) is 157 cm³/mol. The van der Waals surface area contributed by atoms with Crippen LogP contribution in [-0.2, 0) is 3.76 Å². The fraction of sp³-hybridized carbons (Fsp3) is 0.714. The first-order valence-electron chi connectivity index (χ1n) is 13.6. The number of aryl methyl sites for hydroxylation is 3. The van der Waals surface area contributed by atoms with Gasteiger partial charge in [-0.25, -0.2) is 0 Å². The first-order chi connectivity index (χ1) is 16.1. The Morgan fingerprint density at radius 1 is 0.971 bits per heavy atom. The minimum absolute atomic E-state index is 0.183. The minimum atomic E-state index is -1.71. The van der Waals surface area contributed by atoms with Gasteiger partial charge in [-0.2, -0.15) is 0 Å². The fourth-order valence-corrected chi connectivity index (χ4v) is 21.5. The molecule has 1 aliphatic heterocycles. The molecule has 0 amide bonds. The monoisotopic (exact) mass is 576 g/mol. The molecule has 2 bridgehead atoms. The summed E-state index contributed by atoms with van der Waals surface area (Å²) in [6, 6.07) is 4.75. The molecular formula is C28H49GeN3OPSi. The number of fused-ring (bicyclic) bond motifs is 2. The summed E-state index contributed by atoms with van der Waals surface area (Å²) in [7, 11) is -2.18. The van der Waals surface area contributed by atoms with Gasteiger partial charge in [-0.15, -0.1) is 0 Å². The zero-order valence-corrected chi connectivity index (χ0v) is 28.7. The summed E-state index contributed by atoms with van der Waals surface area (Å²) in [6.45, 7) is 29.7. The van der Waals surface area contributed by atoms with Crippen LogP contribution in [0.1, 0.15) is 84.4 Å². The van der Waals surface area contributed by atoms with Crippen molar-refractivity contribution in [1.82, 2.24) is 8.67 Å². The van der Waals surface area contributed by atoms with Gasteiger partial charge in [0.2, 0.25) is 0 Å². The average Bonchev–Trinajstić information content (AvgIpc) is 3.27. The Bertz CT molecular complexity index is 965. The Kier molecular flexibility index (Phi) is 7.59. The van der Waals surface area contributed by atoms with Gasteiger partial charge in [0, 0.05) is 0 Å². The van der Waals surface area contributed by atoms with Gasteiger partial charge in [-0.3, -0.25) is 0 Å². The van der Waals surface area contributed by atoms with E-state index in [2.05, 4.69) is 107 Å². The van der Waals surface area contributed by atoms with Gasteiger partial charge < -0.3 is 0 Å². The van der Waals surface area contributed by atoms with Crippen LogP contribution in [-0.4, -0.2) is 50.7 Å². The topological polar surface area (TPSA) is 19.0 Å². The molecular weight excluding hydrogens is 526 g/mol. The summed E-state index contributed by atoms with van der Waals surface area (Å²) in [4.78, 5) is 0. The molecule has 2 aliphatic carbocycles. The molecule has 1 saturated carbocycles. The van der Waals surface area contributed by atoms with Crippen molar-refractivity contribution in [3.8, 4) is 0 Å². The van der Waals surface area contributed by atoms with E-state index in [-0.39, 0.29) is 11.1 Å². The Morgan fingerprint density at radius 2 is 1.49 bits per heavy atom. The molecule has 4 rings (SSSR count). The van der Waals surface area contributed by atoms with Crippen molar-refractivity contribution in [3.05, 3.63) is 39.8 Å².